The first-order chi connectivity index (χ1) is 16.0. The van der Waals surface area contributed by atoms with Crippen LogP contribution in [0.25, 0.3) is 27.8 Å². The molecule has 0 aliphatic heterocycles. The van der Waals surface area contributed by atoms with Crippen molar-refractivity contribution >= 4 is 33.6 Å². The second-order valence-corrected chi connectivity index (χ2v) is 7.92. The number of anilines is 2. The number of benzene rings is 3. The number of hydrogen-bond donors (Lipinski definition) is 2. The van der Waals surface area contributed by atoms with Crippen LogP contribution in [0.3, 0.4) is 0 Å². The van der Waals surface area contributed by atoms with Crippen LogP contribution in [0.5, 0.6) is 0 Å². The van der Waals surface area contributed by atoms with Crippen molar-refractivity contribution in [2.75, 3.05) is 17.6 Å². The van der Waals surface area contributed by atoms with E-state index < -0.39 is 0 Å². The highest BCUT2D eigenvalue weighted by atomic mass is 19.1. The molecule has 3 aromatic carbocycles. The Kier molecular flexibility index (Phi) is 5.22. The molecule has 0 fully saturated rings. The molecule has 0 aliphatic rings. The number of halogens is 1. The van der Waals surface area contributed by atoms with Gasteiger partial charge in [0.25, 0.3) is 5.56 Å². The topological polar surface area (TPSA) is 85.8 Å². The van der Waals surface area contributed by atoms with E-state index in [9.17, 15) is 9.18 Å². The van der Waals surface area contributed by atoms with Gasteiger partial charge < -0.3 is 11.1 Å². The molecular weight excluding hydrogens is 417 g/mol. The Hall–Kier alpha value is -4.26. The molecule has 3 N–H and O–H groups in total. The summed E-state index contributed by atoms with van der Waals surface area (Å²) in [7, 11) is 0. The molecule has 0 aliphatic carbocycles. The second-order valence-electron chi connectivity index (χ2n) is 7.92. The number of para-hydroxylation sites is 1. The summed E-state index contributed by atoms with van der Waals surface area (Å²) < 4.78 is 15.8. The Morgan fingerprint density at radius 3 is 2.48 bits per heavy atom. The lowest BCUT2D eigenvalue weighted by Crippen LogP contribution is -2.09. The van der Waals surface area contributed by atoms with Crippen LogP contribution < -0.4 is 16.6 Å². The first kappa shape index (κ1) is 20.6. The Balaban J connectivity index is 1.68. The molecule has 5 aromatic rings. The zero-order chi connectivity index (χ0) is 22.9. The van der Waals surface area contributed by atoms with Crippen molar-refractivity contribution in [3.8, 4) is 5.69 Å². The van der Waals surface area contributed by atoms with Crippen molar-refractivity contribution in [3.05, 3.63) is 100 Å². The number of aromatic nitrogens is 3. The number of aryl methyl sites for hydroxylation is 1. The summed E-state index contributed by atoms with van der Waals surface area (Å²) in [6.07, 6.45) is 0.446. The standard InChI is InChI=1S/C26H22FN5O/c1-16-10-12-18(13-11-16)32-24(28)22(29-15-14-17-6-2-4-8-20(17)27)23-25(32)30-21-9-5-3-7-19(21)26(33)31-23/h2-13,29H,14-15,28H2,1H3. The Morgan fingerprint density at radius 1 is 0.970 bits per heavy atom. The van der Waals surface area contributed by atoms with E-state index in [2.05, 4.69) is 10.3 Å². The summed E-state index contributed by atoms with van der Waals surface area (Å²) in [6, 6.07) is 21.6. The van der Waals surface area contributed by atoms with Crippen molar-refractivity contribution in [2.24, 2.45) is 0 Å². The van der Waals surface area contributed by atoms with E-state index >= 15 is 0 Å². The Bertz CT molecular complexity index is 1540. The third kappa shape index (κ3) is 3.78. The van der Waals surface area contributed by atoms with Gasteiger partial charge in [0, 0.05) is 12.2 Å². The molecular formula is C26H22FN5O. The molecule has 0 spiro atoms. The summed E-state index contributed by atoms with van der Waals surface area (Å²) >= 11 is 0. The fourth-order valence-corrected chi connectivity index (χ4v) is 3.95. The average Bonchev–Trinajstić information content (AvgIpc) is 2.97. The van der Waals surface area contributed by atoms with Crippen LogP contribution in [0.1, 0.15) is 11.1 Å². The van der Waals surface area contributed by atoms with Crippen molar-refractivity contribution in [2.45, 2.75) is 13.3 Å². The number of nitrogens with zero attached hydrogens (tertiary/aromatic N) is 3. The molecule has 0 saturated heterocycles. The molecule has 2 aromatic heterocycles. The normalized spacial score (nSPS) is 11.2. The predicted molar refractivity (Wildman–Crippen MR) is 130 cm³/mol. The smallest absolute Gasteiger partial charge is 0.279 e. The van der Waals surface area contributed by atoms with Gasteiger partial charge in [0.05, 0.1) is 10.9 Å². The van der Waals surface area contributed by atoms with Crippen LogP contribution in [0, 0.1) is 12.7 Å². The van der Waals surface area contributed by atoms with Crippen LogP contribution in [-0.4, -0.2) is 21.1 Å². The molecule has 164 valence electrons. The molecule has 0 amide bonds. The van der Waals surface area contributed by atoms with Gasteiger partial charge in [-0.25, -0.2) is 14.4 Å². The molecule has 33 heavy (non-hydrogen) atoms. The highest BCUT2D eigenvalue weighted by Gasteiger charge is 2.19. The first-order valence-electron chi connectivity index (χ1n) is 10.7. The molecule has 6 nitrogen and oxygen atoms in total. The van der Waals surface area contributed by atoms with E-state index in [1.54, 1.807) is 41.0 Å². The SMILES string of the molecule is Cc1ccc(-n2c(N)c(NCCc3ccccc3F)c3nc(=O)c4ccccc4nc32)cc1. The number of hydrogen-bond acceptors (Lipinski definition) is 5. The van der Waals surface area contributed by atoms with Crippen LogP contribution in [0.15, 0.2) is 77.6 Å². The lowest BCUT2D eigenvalue weighted by Gasteiger charge is -2.10. The number of nitrogens with two attached hydrogens (primary N) is 1. The average molecular weight is 439 g/mol. The van der Waals surface area contributed by atoms with E-state index in [1.807, 2.05) is 37.3 Å². The zero-order valence-corrected chi connectivity index (χ0v) is 18.0. The fourth-order valence-electron chi connectivity index (χ4n) is 3.95. The minimum Gasteiger partial charge on any atom is -0.383 e. The third-order valence-corrected chi connectivity index (χ3v) is 5.68. The van der Waals surface area contributed by atoms with Crippen molar-refractivity contribution in [1.29, 1.82) is 0 Å². The highest BCUT2D eigenvalue weighted by molar-refractivity contribution is 5.98. The Morgan fingerprint density at radius 2 is 1.70 bits per heavy atom. The molecule has 7 heteroatoms. The van der Waals surface area contributed by atoms with Gasteiger partial charge in [-0.1, -0.05) is 48.0 Å². The van der Waals surface area contributed by atoms with E-state index in [-0.39, 0.29) is 11.4 Å². The van der Waals surface area contributed by atoms with Gasteiger partial charge in [-0.15, -0.1) is 0 Å². The van der Waals surface area contributed by atoms with Crippen LogP contribution >= 0.6 is 0 Å². The van der Waals surface area contributed by atoms with Gasteiger partial charge in [0.15, 0.2) is 5.65 Å². The van der Waals surface area contributed by atoms with Crippen molar-refractivity contribution in [3.63, 3.8) is 0 Å². The summed E-state index contributed by atoms with van der Waals surface area (Å²) in [5.41, 5.74) is 10.6. The molecule has 0 unspecified atom stereocenters. The molecule has 0 saturated carbocycles. The summed E-state index contributed by atoms with van der Waals surface area (Å²) in [5.74, 6) is 0.130. The quantitative estimate of drug-likeness (QED) is 0.417. The number of fused-ring (bicyclic) bond motifs is 2. The van der Waals surface area contributed by atoms with Gasteiger partial charge in [-0.05, 0) is 49.2 Å². The summed E-state index contributed by atoms with van der Waals surface area (Å²) in [6.45, 7) is 2.42. The minimum absolute atomic E-state index is 0.256. The lowest BCUT2D eigenvalue weighted by molar-refractivity contribution is 0.610. The fraction of sp³-hybridized carbons (Fsp3) is 0.115. The van der Waals surface area contributed by atoms with Gasteiger partial charge in [0.2, 0.25) is 0 Å². The van der Waals surface area contributed by atoms with Gasteiger partial charge in [-0.3, -0.25) is 9.36 Å². The van der Waals surface area contributed by atoms with Crippen molar-refractivity contribution in [1.82, 2.24) is 14.5 Å². The molecule has 0 radical (unpaired) electrons. The van der Waals surface area contributed by atoms with Crippen LogP contribution in [0.2, 0.25) is 0 Å². The van der Waals surface area contributed by atoms with Crippen molar-refractivity contribution < 1.29 is 4.39 Å². The number of rotatable bonds is 5. The maximum Gasteiger partial charge on any atom is 0.279 e. The predicted octanol–water partition coefficient (Wildman–Crippen LogP) is 4.62. The third-order valence-electron chi connectivity index (χ3n) is 5.68. The van der Waals surface area contributed by atoms with Crippen LogP contribution in [-0.2, 0) is 6.42 Å². The second kappa shape index (κ2) is 8.35. The molecule has 0 bridgehead atoms. The molecule has 5 rings (SSSR count). The maximum absolute atomic E-state index is 14.0. The first-order valence-corrected chi connectivity index (χ1v) is 10.7. The van der Waals surface area contributed by atoms with Gasteiger partial charge >= 0.3 is 0 Å². The molecule has 2 heterocycles. The van der Waals surface area contributed by atoms with E-state index in [1.165, 1.54) is 6.07 Å². The summed E-state index contributed by atoms with van der Waals surface area (Å²) in [4.78, 5) is 22.1. The number of nitrogen functional groups attached to an aromatic ring is 1. The lowest BCUT2D eigenvalue weighted by atomic mass is 10.1. The zero-order valence-electron chi connectivity index (χ0n) is 18.0. The van der Waals surface area contributed by atoms with Gasteiger partial charge in [-0.2, -0.15) is 0 Å². The molecule has 0 atom stereocenters. The van der Waals surface area contributed by atoms with E-state index in [4.69, 9.17) is 10.7 Å². The maximum atomic E-state index is 14.0. The van der Waals surface area contributed by atoms with Crippen LogP contribution in [0.4, 0.5) is 15.9 Å². The highest BCUT2D eigenvalue weighted by Crippen LogP contribution is 2.33. The minimum atomic E-state index is -0.383. The Labute approximate surface area is 189 Å². The largest absolute Gasteiger partial charge is 0.383 e. The number of nitrogens with one attached hydrogen (secondary N) is 1. The monoisotopic (exact) mass is 439 g/mol. The summed E-state index contributed by atoms with van der Waals surface area (Å²) in [5, 5.41) is 3.71. The van der Waals surface area contributed by atoms with E-state index in [0.717, 1.165) is 11.3 Å². The van der Waals surface area contributed by atoms with E-state index in [0.29, 0.717) is 52.1 Å². The van der Waals surface area contributed by atoms with Gasteiger partial charge in [0.1, 0.15) is 22.8 Å².